The number of urea groups is 1. The lowest BCUT2D eigenvalue weighted by Gasteiger charge is -2.14. The molecule has 3 aliphatic rings. The smallest absolute Gasteiger partial charge is 0.305 e. The first kappa shape index (κ1) is 16.9. The summed E-state index contributed by atoms with van der Waals surface area (Å²) in [6, 6.07) is 1.55. The molecule has 0 radical (unpaired) electrons. The molecule has 0 aromatic carbocycles. The molecule has 2 aromatic heterocycles. The van der Waals surface area contributed by atoms with Gasteiger partial charge in [0.05, 0.1) is 22.3 Å². The number of rotatable bonds is 3. The van der Waals surface area contributed by atoms with Gasteiger partial charge in [-0.25, -0.2) is 9.00 Å². The summed E-state index contributed by atoms with van der Waals surface area (Å²) in [6.07, 6.45) is 8.95. The molecule has 7 nitrogen and oxygen atoms in total. The Morgan fingerprint density at radius 3 is 2.93 bits per heavy atom. The fraction of sp³-hybridized carbons (Fsp3) is 0.526. The van der Waals surface area contributed by atoms with Crippen LogP contribution in [0.2, 0.25) is 0 Å². The Kier molecular flexibility index (Phi) is 4.03. The van der Waals surface area contributed by atoms with Crippen molar-refractivity contribution >= 4 is 22.3 Å². The fourth-order valence-electron chi connectivity index (χ4n) is 4.19. The van der Waals surface area contributed by atoms with Crippen LogP contribution < -0.4 is 5.32 Å². The highest BCUT2D eigenvalue weighted by atomic mass is 32.2. The molecule has 0 saturated heterocycles. The maximum Gasteiger partial charge on any atom is 0.353 e. The van der Waals surface area contributed by atoms with E-state index in [1.807, 2.05) is 10.9 Å². The Hall–Kier alpha value is -2.22. The van der Waals surface area contributed by atoms with Crippen molar-refractivity contribution in [2.75, 3.05) is 5.32 Å². The number of pyridine rings is 1. The van der Waals surface area contributed by atoms with Crippen LogP contribution in [0.25, 0.3) is 0 Å². The summed E-state index contributed by atoms with van der Waals surface area (Å²) in [7, 11) is -2.19. The Bertz CT molecular complexity index is 1020. The van der Waals surface area contributed by atoms with Gasteiger partial charge in [-0.2, -0.15) is 5.10 Å². The monoisotopic (exact) mass is 385 g/mol. The largest absolute Gasteiger partial charge is 0.353 e. The lowest BCUT2D eigenvalue weighted by atomic mass is 10.0. The molecular formula is C19H23N5O2S. The molecular weight excluding hydrogens is 362 g/mol. The van der Waals surface area contributed by atoms with Crippen LogP contribution in [0.5, 0.6) is 0 Å². The SMILES string of the molecule is C[C@@H]1CCc2c1nc1c(c2NC(=O)/N=[SH](=O)/c2ccn(C3CC3)n2)CCC1. The van der Waals surface area contributed by atoms with Gasteiger partial charge in [0.2, 0.25) is 0 Å². The third-order valence-electron chi connectivity index (χ3n) is 5.78. The molecule has 1 unspecified atom stereocenters. The van der Waals surface area contributed by atoms with Gasteiger partial charge in [-0.1, -0.05) is 6.92 Å². The third-order valence-corrected chi connectivity index (χ3v) is 6.77. The molecule has 0 bridgehead atoms. The summed E-state index contributed by atoms with van der Waals surface area (Å²) in [5.74, 6) is 0.418. The van der Waals surface area contributed by atoms with Crippen molar-refractivity contribution in [3.05, 3.63) is 34.8 Å². The van der Waals surface area contributed by atoms with Crippen LogP contribution in [0.4, 0.5) is 10.5 Å². The van der Waals surface area contributed by atoms with Crippen molar-refractivity contribution in [1.29, 1.82) is 0 Å². The van der Waals surface area contributed by atoms with Crippen LogP contribution in [-0.2, 0) is 29.9 Å². The minimum atomic E-state index is -2.19. The molecule has 0 aliphatic heterocycles. The van der Waals surface area contributed by atoms with E-state index in [0.29, 0.717) is 17.0 Å². The molecule has 2 aromatic rings. The average molecular weight is 385 g/mol. The molecule has 27 heavy (non-hydrogen) atoms. The quantitative estimate of drug-likeness (QED) is 0.793. The summed E-state index contributed by atoms with van der Waals surface area (Å²) >= 11 is 0. The molecule has 1 fully saturated rings. The zero-order valence-corrected chi connectivity index (χ0v) is 16.2. The topological polar surface area (TPSA) is 89.2 Å². The van der Waals surface area contributed by atoms with Gasteiger partial charge in [-0.05, 0) is 68.1 Å². The normalized spacial score (nSPS) is 21.9. The number of fused-ring (bicyclic) bond motifs is 2. The van der Waals surface area contributed by atoms with Crippen LogP contribution in [-0.4, -0.2) is 25.0 Å². The van der Waals surface area contributed by atoms with E-state index in [0.717, 1.165) is 73.1 Å². The summed E-state index contributed by atoms with van der Waals surface area (Å²) in [4.78, 5) is 17.4. The number of aryl methyl sites for hydroxylation is 1. The molecule has 2 heterocycles. The standard InChI is InChI=1S/C19H23N5O2S/c1-11-5-8-14-17(11)20-15-4-2-3-13(15)18(14)21-19(25)23-27(26)16-9-10-24(22-16)12-6-7-12/h9-12,27H,2-8H2,1H3,(H,20,21,25)/t11-/m1/s1. The fourth-order valence-corrected chi connectivity index (χ4v) is 4.88. The van der Waals surface area contributed by atoms with Gasteiger partial charge >= 0.3 is 6.03 Å². The van der Waals surface area contributed by atoms with Crippen LogP contribution in [0.3, 0.4) is 0 Å². The third kappa shape index (κ3) is 3.05. The van der Waals surface area contributed by atoms with E-state index < -0.39 is 16.6 Å². The Labute approximate surface area is 159 Å². The highest BCUT2D eigenvalue weighted by Gasteiger charge is 2.30. The van der Waals surface area contributed by atoms with Crippen molar-refractivity contribution in [3.63, 3.8) is 0 Å². The van der Waals surface area contributed by atoms with Crippen molar-refractivity contribution in [2.45, 2.75) is 68.9 Å². The molecule has 1 saturated carbocycles. The molecule has 8 heteroatoms. The Morgan fingerprint density at radius 1 is 1.26 bits per heavy atom. The number of nitrogens with zero attached hydrogens (tertiary/aromatic N) is 4. The van der Waals surface area contributed by atoms with Crippen LogP contribution in [0.15, 0.2) is 21.7 Å². The van der Waals surface area contributed by atoms with E-state index >= 15 is 0 Å². The minimum absolute atomic E-state index is 0.367. The first-order chi connectivity index (χ1) is 13.1. The van der Waals surface area contributed by atoms with Crippen molar-refractivity contribution < 1.29 is 9.00 Å². The van der Waals surface area contributed by atoms with Gasteiger partial charge in [0.15, 0.2) is 5.03 Å². The summed E-state index contributed by atoms with van der Waals surface area (Å²) < 4.78 is 18.1. The average Bonchev–Trinajstić information content (AvgIpc) is 3.06. The molecule has 2 atom stereocenters. The molecule has 5 rings (SSSR count). The van der Waals surface area contributed by atoms with Crippen LogP contribution in [0, 0.1) is 0 Å². The van der Waals surface area contributed by atoms with E-state index in [4.69, 9.17) is 4.98 Å². The Morgan fingerprint density at radius 2 is 2.11 bits per heavy atom. The predicted octanol–water partition coefficient (Wildman–Crippen LogP) is 3.41. The number of thiol groups is 1. The minimum Gasteiger partial charge on any atom is -0.305 e. The first-order valence-corrected chi connectivity index (χ1v) is 10.9. The number of anilines is 1. The van der Waals surface area contributed by atoms with E-state index in [1.165, 1.54) is 0 Å². The second kappa shape index (κ2) is 6.44. The van der Waals surface area contributed by atoms with E-state index in [-0.39, 0.29) is 0 Å². The van der Waals surface area contributed by atoms with Gasteiger partial charge in [-0.3, -0.25) is 9.67 Å². The molecule has 1 N–H and O–H groups in total. The highest BCUT2D eigenvalue weighted by molar-refractivity contribution is 7.75. The lowest BCUT2D eigenvalue weighted by molar-refractivity contribution is 0.260. The van der Waals surface area contributed by atoms with Gasteiger partial charge in [-0.15, -0.1) is 4.36 Å². The highest BCUT2D eigenvalue weighted by Crippen LogP contribution is 2.41. The van der Waals surface area contributed by atoms with Crippen molar-refractivity contribution in [3.8, 4) is 0 Å². The number of nitrogens with one attached hydrogen (secondary N) is 1. The van der Waals surface area contributed by atoms with Gasteiger partial charge in [0.1, 0.15) is 0 Å². The number of amides is 2. The van der Waals surface area contributed by atoms with Gasteiger partial charge in [0.25, 0.3) is 0 Å². The number of hydrogen-bond donors (Lipinski definition) is 2. The van der Waals surface area contributed by atoms with Crippen LogP contribution >= 0.6 is 0 Å². The molecule has 0 spiro atoms. The Balaban J connectivity index is 1.42. The van der Waals surface area contributed by atoms with Crippen LogP contribution in [0.1, 0.15) is 67.1 Å². The van der Waals surface area contributed by atoms with Gasteiger partial charge in [0, 0.05) is 17.6 Å². The second-order valence-corrected chi connectivity index (χ2v) is 8.96. The first-order valence-electron chi connectivity index (χ1n) is 9.69. The second-order valence-electron chi connectivity index (χ2n) is 7.76. The molecule has 2 amide bonds. The molecule has 142 valence electrons. The maximum atomic E-state index is 12.5. The summed E-state index contributed by atoms with van der Waals surface area (Å²) in [5.41, 5.74) is 5.36. The van der Waals surface area contributed by atoms with Crippen molar-refractivity contribution in [1.82, 2.24) is 14.8 Å². The van der Waals surface area contributed by atoms with E-state index in [2.05, 4.69) is 21.7 Å². The number of carbonyl (C=O) groups excluding carboxylic acids is 1. The summed E-state index contributed by atoms with van der Waals surface area (Å²) in [5, 5.41) is 7.62. The predicted molar refractivity (Wildman–Crippen MR) is 103 cm³/mol. The number of aromatic nitrogens is 3. The van der Waals surface area contributed by atoms with Crippen molar-refractivity contribution in [2.24, 2.45) is 4.36 Å². The lowest BCUT2D eigenvalue weighted by Crippen LogP contribution is -2.13. The number of hydrogen-bond acceptors (Lipinski definition) is 4. The van der Waals surface area contributed by atoms with Gasteiger partial charge < -0.3 is 5.32 Å². The zero-order valence-electron chi connectivity index (χ0n) is 15.3. The molecule has 3 aliphatic carbocycles. The number of carbonyl (C=O) groups is 1. The zero-order chi connectivity index (χ0) is 18.5. The maximum absolute atomic E-state index is 12.5. The van der Waals surface area contributed by atoms with E-state index in [1.54, 1.807) is 6.07 Å². The van der Waals surface area contributed by atoms with E-state index in [9.17, 15) is 9.00 Å². The summed E-state index contributed by atoms with van der Waals surface area (Å²) in [6.45, 7) is 2.18.